The van der Waals surface area contributed by atoms with Crippen LogP contribution in [0, 0.1) is 0 Å². The smallest absolute Gasteiger partial charge is 0.271 e. The fourth-order valence-corrected chi connectivity index (χ4v) is 1.46. The average Bonchev–Trinajstić information content (AvgIpc) is 2.56. The second-order valence-corrected chi connectivity index (χ2v) is 4.92. The van der Waals surface area contributed by atoms with Gasteiger partial charge in [0.25, 0.3) is 10.2 Å². The highest BCUT2D eigenvalue weighted by Gasteiger charge is 2.11. The summed E-state index contributed by atoms with van der Waals surface area (Å²) in [6.45, 7) is 0.863. The monoisotopic (exact) mass is 218 g/mol. The SMILES string of the molecule is CN(C)S(=O)(=O)NCCn1cccn1. The lowest BCUT2D eigenvalue weighted by atomic mass is 10.6. The van der Waals surface area contributed by atoms with E-state index < -0.39 is 10.2 Å². The number of rotatable bonds is 5. The molecular formula is C7H14N4O2S. The van der Waals surface area contributed by atoms with Gasteiger partial charge in [-0.2, -0.15) is 17.8 Å². The van der Waals surface area contributed by atoms with E-state index in [-0.39, 0.29) is 0 Å². The lowest BCUT2D eigenvalue weighted by molar-refractivity contribution is 0.497. The molecule has 0 saturated heterocycles. The topological polar surface area (TPSA) is 67.2 Å². The molecule has 0 aromatic carbocycles. The third-order valence-corrected chi connectivity index (χ3v) is 3.20. The van der Waals surface area contributed by atoms with E-state index in [9.17, 15) is 8.42 Å². The van der Waals surface area contributed by atoms with Gasteiger partial charge in [-0.05, 0) is 6.07 Å². The summed E-state index contributed by atoms with van der Waals surface area (Å²) < 4.78 is 27.7. The summed E-state index contributed by atoms with van der Waals surface area (Å²) in [6, 6.07) is 1.79. The molecule has 6 nitrogen and oxygen atoms in total. The first-order chi connectivity index (χ1) is 6.52. The van der Waals surface area contributed by atoms with Crippen molar-refractivity contribution in [3.8, 4) is 0 Å². The largest absolute Gasteiger partial charge is 0.278 e. The van der Waals surface area contributed by atoms with Crippen molar-refractivity contribution in [3.63, 3.8) is 0 Å². The zero-order valence-electron chi connectivity index (χ0n) is 8.21. The van der Waals surface area contributed by atoms with E-state index in [1.807, 2.05) is 0 Å². The minimum absolute atomic E-state index is 0.336. The third-order valence-electron chi connectivity index (χ3n) is 1.67. The maximum Gasteiger partial charge on any atom is 0.278 e. The molecule has 0 radical (unpaired) electrons. The summed E-state index contributed by atoms with van der Waals surface area (Å²) in [6.07, 6.45) is 3.43. The molecule has 0 amide bonds. The van der Waals surface area contributed by atoms with Crippen LogP contribution < -0.4 is 4.72 Å². The molecule has 14 heavy (non-hydrogen) atoms. The van der Waals surface area contributed by atoms with Gasteiger partial charge >= 0.3 is 0 Å². The maximum atomic E-state index is 11.2. The lowest BCUT2D eigenvalue weighted by Crippen LogP contribution is -2.37. The molecule has 1 heterocycles. The van der Waals surface area contributed by atoms with Crippen LogP contribution in [0.5, 0.6) is 0 Å². The van der Waals surface area contributed by atoms with Crippen molar-refractivity contribution in [3.05, 3.63) is 18.5 Å². The number of nitrogens with zero attached hydrogens (tertiary/aromatic N) is 3. The van der Waals surface area contributed by atoms with Gasteiger partial charge in [-0.3, -0.25) is 4.68 Å². The molecule has 0 aliphatic carbocycles. The van der Waals surface area contributed by atoms with Crippen LogP contribution in [-0.4, -0.2) is 43.1 Å². The van der Waals surface area contributed by atoms with E-state index in [4.69, 9.17) is 0 Å². The second kappa shape index (κ2) is 4.54. The molecule has 0 unspecified atom stereocenters. The standard InChI is InChI=1S/C7H14N4O2S/c1-10(2)14(12,13)9-5-7-11-6-3-4-8-11/h3-4,6,9H,5,7H2,1-2H3. The van der Waals surface area contributed by atoms with Gasteiger partial charge in [0.2, 0.25) is 0 Å². The fraction of sp³-hybridized carbons (Fsp3) is 0.571. The molecule has 1 N–H and O–H groups in total. The second-order valence-electron chi connectivity index (χ2n) is 2.95. The molecule has 0 aliphatic rings. The Labute approximate surface area is 83.7 Å². The molecule has 80 valence electrons. The van der Waals surface area contributed by atoms with E-state index in [2.05, 4.69) is 9.82 Å². The van der Waals surface area contributed by atoms with Crippen LogP contribution in [0.2, 0.25) is 0 Å². The average molecular weight is 218 g/mol. The summed E-state index contributed by atoms with van der Waals surface area (Å²) in [5.74, 6) is 0. The van der Waals surface area contributed by atoms with Crippen LogP contribution in [0.15, 0.2) is 18.5 Å². The van der Waals surface area contributed by atoms with E-state index in [1.54, 1.807) is 23.1 Å². The van der Waals surface area contributed by atoms with Crippen molar-refractivity contribution in [2.24, 2.45) is 0 Å². The molecule has 1 aromatic rings. The Balaban J connectivity index is 2.36. The summed E-state index contributed by atoms with van der Waals surface area (Å²) >= 11 is 0. The lowest BCUT2D eigenvalue weighted by Gasteiger charge is -2.11. The van der Waals surface area contributed by atoms with Crippen LogP contribution in [0.3, 0.4) is 0 Å². The number of hydrogen-bond donors (Lipinski definition) is 1. The van der Waals surface area contributed by atoms with Crippen LogP contribution in [0.1, 0.15) is 0 Å². The molecule has 0 aliphatic heterocycles. The predicted molar refractivity (Wildman–Crippen MR) is 52.8 cm³/mol. The minimum atomic E-state index is -3.31. The molecule has 0 saturated carbocycles. The van der Waals surface area contributed by atoms with E-state index >= 15 is 0 Å². The van der Waals surface area contributed by atoms with Crippen molar-refractivity contribution in [2.45, 2.75) is 6.54 Å². The highest BCUT2D eigenvalue weighted by molar-refractivity contribution is 7.87. The Morgan fingerprint density at radius 2 is 2.21 bits per heavy atom. The van der Waals surface area contributed by atoms with Gasteiger partial charge in [0.05, 0.1) is 6.54 Å². The Hall–Kier alpha value is -0.920. The third kappa shape index (κ3) is 3.09. The van der Waals surface area contributed by atoms with Gasteiger partial charge in [0.1, 0.15) is 0 Å². The molecule has 0 bridgehead atoms. The van der Waals surface area contributed by atoms with Crippen molar-refractivity contribution in [1.82, 2.24) is 18.8 Å². The number of nitrogens with one attached hydrogen (secondary N) is 1. The maximum absolute atomic E-state index is 11.2. The van der Waals surface area contributed by atoms with Gasteiger partial charge in [-0.15, -0.1) is 0 Å². The number of hydrogen-bond acceptors (Lipinski definition) is 3. The van der Waals surface area contributed by atoms with Crippen molar-refractivity contribution < 1.29 is 8.42 Å². The zero-order chi connectivity index (χ0) is 10.6. The van der Waals surface area contributed by atoms with Gasteiger partial charge in [0.15, 0.2) is 0 Å². The van der Waals surface area contributed by atoms with Gasteiger partial charge in [-0.25, -0.2) is 4.72 Å². The molecule has 1 rings (SSSR count). The van der Waals surface area contributed by atoms with Gasteiger partial charge in [0, 0.05) is 33.0 Å². The highest BCUT2D eigenvalue weighted by Crippen LogP contribution is 1.88. The molecular weight excluding hydrogens is 204 g/mol. The van der Waals surface area contributed by atoms with Crippen LogP contribution >= 0.6 is 0 Å². The summed E-state index contributed by atoms with van der Waals surface area (Å²) in [5.41, 5.74) is 0. The van der Waals surface area contributed by atoms with Crippen LogP contribution in [0.4, 0.5) is 0 Å². The first-order valence-electron chi connectivity index (χ1n) is 4.17. The first kappa shape index (κ1) is 11.2. The quantitative estimate of drug-likeness (QED) is 0.709. The minimum Gasteiger partial charge on any atom is -0.271 e. The molecule has 0 spiro atoms. The Morgan fingerprint density at radius 3 is 2.71 bits per heavy atom. The fourth-order valence-electron chi connectivity index (χ4n) is 0.851. The highest BCUT2D eigenvalue weighted by atomic mass is 32.2. The zero-order valence-corrected chi connectivity index (χ0v) is 9.03. The molecule has 0 atom stereocenters. The Morgan fingerprint density at radius 1 is 1.50 bits per heavy atom. The Kier molecular flexibility index (Phi) is 3.62. The van der Waals surface area contributed by atoms with E-state index in [1.165, 1.54) is 14.1 Å². The number of aromatic nitrogens is 2. The first-order valence-corrected chi connectivity index (χ1v) is 5.61. The van der Waals surface area contributed by atoms with Crippen LogP contribution in [0.25, 0.3) is 0 Å². The summed E-state index contributed by atoms with van der Waals surface area (Å²) in [7, 11) is -0.344. The van der Waals surface area contributed by atoms with Gasteiger partial charge in [-0.1, -0.05) is 0 Å². The van der Waals surface area contributed by atoms with E-state index in [0.717, 1.165) is 4.31 Å². The van der Waals surface area contributed by atoms with Gasteiger partial charge < -0.3 is 0 Å². The van der Waals surface area contributed by atoms with Crippen molar-refractivity contribution in [2.75, 3.05) is 20.6 Å². The molecule has 0 fully saturated rings. The van der Waals surface area contributed by atoms with Crippen LogP contribution in [-0.2, 0) is 16.8 Å². The summed E-state index contributed by atoms with van der Waals surface area (Å²) in [4.78, 5) is 0. The summed E-state index contributed by atoms with van der Waals surface area (Å²) in [5, 5.41) is 3.95. The Bertz CT molecular complexity index is 357. The van der Waals surface area contributed by atoms with Crippen molar-refractivity contribution >= 4 is 10.2 Å². The predicted octanol–water partition coefficient (Wildman–Crippen LogP) is -0.721. The van der Waals surface area contributed by atoms with Crippen molar-refractivity contribution in [1.29, 1.82) is 0 Å². The van der Waals surface area contributed by atoms with E-state index in [0.29, 0.717) is 13.1 Å². The molecule has 7 heteroatoms. The molecule has 1 aromatic heterocycles. The normalized spacial score (nSPS) is 12.2.